The molecule has 0 aliphatic heterocycles. The zero-order valence-electron chi connectivity index (χ0n) is 22.4. The van der Waals surface area contributed by atoms with E-state index in [1.54, 1.807) is 0 Å². The van der Waals surface area contributed by atoms with Gasteiger partial charge in [-0.15, -0.1) is 0 Å². The second-order valence-corrected chi connectivity index (χ2v) is 11.0. The monoisotopic (exact) mass is 474 g/mol. The fourth-order valence-corrected chi connectivity index (χ4v) is 5.18. The summed E-state index contributed by atoms with van der Waals surface area (Å²) in [7, 11) is -2.34. The molecule has 32 heavy (non-hydrogen) atoms. The van der Waals surface area contributed by atoms with Gasteiger partial charge in [-0.2, -0.15) is 0 Å². The predicted molar refractivity (Wildman–Crippen MR) is 143 cm³/mol. The number of hydrogen-bond donors (Lipinski definition) is 0. The quantitative estimate of drug-likeness (QED) is 0.0923. The summed E-state index contributed by atoms with van der Waals surface area (Å²) >= 11 is 0. The first kappa shape index (κ1) is 32.1. The van der Waals surface area contributed by atoms with Gasteiger partial charge in [0.15, 0.2) is 0 Å². The summed E-state index contributed by atoms with van der Waals surface area (Å²) in [6.07, 6.45) is 26.2. The van der Waals surface area contributed by atoms with Gasteiger partial charge in [0.05, 0.1) is 13.2 Å². The van der Waals surface area contributed by atoms with Crippen LogP contribution in [-0.2, 0) is 13.6 Å². The van der Waals surface area contributed by atoms with Crippen molar-refractivity contribution in [1.82, 2.24) is 0 Å². The molecule has 0 saturated carbocycles. The molecular weight excluding hydrogens is 415 g/mol. The Kier molecular flexibility index (Phi) is 25.9. The van der Waals surface area contributed by atoms with Crippen molar-refractivity contribution in [1.29, 1.82) is 0 Å². The first-order chi connectivity index (χ1) is 15.7. The van der Waals surface area contributed by atoms with Crippen molar-refractivity contribution < 1.29 is 13.6 Å². The lowest BCUT2D eigenvalue weighted by Gasteiger charge is -2.17. The maximum absolute atomic E-state index is 12.2. The molecule has 2 atom stereocenters. The van der Waals surface area contributed by atoms with Gasteiger partial charge in [-0.3, -0.25) is 4.57 Å². The molecule has 0 radical (unpaired) electrons. The lowest BCUT2D eigenvalue weighted by atomic mass is 9.98. The summed E-state index contributed by atoms with van der Waals surface area (Å²) in [6.45, 7) is 10.2. The van der Waals surface area contributed by atoms with E-state index >= 15 is 0 Å². The Balaban J connectivity index is 3.72. The second kappa shape index (κ2) is 25.8. The predicted octanol–water partition coefficient (Wildman–Crippen LogP) is 10.5. The summed E-state index contributed by atoms with van der Waals surface area (Å²) in [6, 6.07) is 0. The molecule has 0 N–H and O–H groups in total. The van der Waals surface area contributed by atoms with Crippen LogP contribution in [0.2, 0.25) is 0 Å². The van der Waals surface area contributed by atoms with E-state index in [9.17, 15) is 4.57 Å². The highest BCUT2D eigenvalue weighted by Crippen LogP contribution is 2.29. The van der Waals surface area contributed by atoms with Gasteiger partial charge in [0.2, 0.25) is 0 Å². The molecule has 0 spiro atoms. The van der Waals surface area contributed by atoms with E-state index in [1.807, 2.05) is 0 Å². The van der Waals surface area contributed by atoms with Crippen LogP contribution in [-0.4, -0.2) is 13.2 Å². The third-order valence-electron chi connectivity index (χ3n) is 6.96. The molecule has 0 aliphatic rings. The Labute approximate surface area is 203 Å². The molecule has 0 amide bonds. The highest BCUT2D eigenvalue weighted by molar-refractivity contribution is 7.33. The second-order valence-electron chi connectivity index (χ2n) is 9.95. The highest BCUT2D eigenvalue weighted by atomic mass is 31.1. The van der Waals surface area contributed by atoms with E-state index in [4.69, 9.17) is 9.05 Å². The van der Waals surface area contributed by atoms with Gasteiger partial charge in [0.25, 0.3) is 0 Å². The Morgan fingerprint density at radius 1 is 0.500 bits per heavy atom. The van der Waals surface area contributed by atoms with Crippen molar-refractivity contribution in [3.63, 3.8) is 0 Å². The average Bonchev–Trinajstić information content (AvgIpc) is 2.81. The SMILES string of the molecule is CCCCCCCCCCC(CC)CO[PH](=O)OCC(CC)CCCCCCCCCC. The van der Waals surface area contributed by atoms with Gasteiger partial charge >= 0.3 is 8.25 Å². The van der Waals surface area contributed by atoms with Crippen LogP contribution in [0, 0.1) is 11.8 Å². The van der Waals surface area contributed by atoms with E-state index in [0.29, 0.717) is 25.0 Å². The summed E-state index contributed by atoms with van der Waals surface area (Å²) in [5.41, 5.74) is 0. The molecule has 0 aromatic rings. The molecule has 194 valence electrons. The molecule has 0 aromatic carbocycles. The Bertz CT molecular complexity index is 355. The Morgan fingerprint density at radius 3 is 1.12 bits per heavy atom. The normalized spacial score (nSPS) is 14.5. The Hall–Kier alpha value is 0.150. The molecule has 4 heteroatoms. The lowest BCUT2D eigenvalue weighted by molar-refractivity contribution is 0.166. The maximum Gasteiger partial charge on any atom is 0.319 e. The van der Waals surface area contributed by atoms with E-state index in [0.717, 1.165) is 12.8 Å². The van der Waals surface area contributed by atoms with Gasteiger partial charge in [0, 0.05) is 0 Å². The van der Waals surface area contributed by atoms with Crippen molar-refractivity contribution in [3.8, 4) is 0 Å². The minimum Gasteiger partial charge on any atom is -0.310 e. The van der Waals surface area contributed by atoms with Crippen LogP contribution < -0.4 is 0 Å². The number of rotatable bonds is 26. The van der Waals surface area contributed by atoms with Gasteiger partial charge < -0.3 is 9.05 Å². The summed E-state index contributed by atoms with van der Waals surface area (Å²) in [4.78, 5) is 0. The highest BCUT2D eigenvalue weighted by Gasteiger charge is 2.12. The van der Waals surface area contributed by atoms with Gasteiger partial charge in [0.1, 0.15) is 0 Å². The molecule has 0 rings (SSSR count). The van der Waals surface area contributed by atoms with Crippen LogP contribution in [0.5, 0.6) is 0 Å². The Morgan fingerprint density at radius 2 is 0.812 bits per heavy atom. The molecule has 0 heterocycles. The molecule has 2 unspecified atom stereocenters. The molecule has 0 fully saturated rings. The molecule has 0 aliphatic carbocycles. The molecular formula is C28H59O3P. The first-order valence-electron chi connectivity index (χ1n) is 14.5. The van der Waals surface area contributed by atoms with Crippen molar-refractivity contribution in [2.45, 2.75) is 156 Å². The zero-order valence-corrected chi connectivity index (χ0v) is 23.4. The van der Waals surface area contributed by atoms with Crippen LogP contribution >= 0.6 is 8.25 Å². The zero-order chi connectivity index (χ0) is 23.7. The summed E-state index contributed by atoms with van der Waals surface area (Å²) < 4.78 is 23.5. The van der Waals surface area contributed by atoms with Crippen LogP contribution in [0.15, 0.2) is 0 Å². The topological polar surface area (TPSA) is 35.5 Å². The van der Waals surface area contributed by atoms with Gasteiger partial charge in [-0.05, 0) is 24.7 Å². The largest absolute Gasteiger partial charge is 0.319 e. The van der Waals surface area contributed by atoms with Crippen LogP contribution in [0.1, 0.15) is 156 Å². The molecule has 3 nitrogen and oxygen atoms in total. The smallest absolute Gasteiger partial charge is 0.310 e. The van der Waals surface area contributed by atoms with Crippen molar-refractivity contribution in [2.24, 2.45) is 11.8 Å². The van der Waals surface area contributed by atoms with E-state index in [1.165, 1.54) is 116 Å². The van der Waals surface area contributed by atoms with Crippen molar-refractivity contribution in [2.75, 3.05) is 13.2 Å². The minimum absolute atomic E-state index is 0.520. The lowest BCUT2D eigenvalue weighted by Crippen LogP contribution is -2.09. The first-order valence-corrected chi connectivity index (χ1v) is 15.7. The molecule has 0 bridgehead atoms. The van der Waals surface area contributed by atoms with Crippen LogP contribution in [0.4, 0.5) is 0 Å². The fourth-order valence-electron chi connectivity index (χ4n) is 4.36. The van der Waals surface area contributed by atoms with E-state index in [-0.39, 0.29) is 0 Å². The standard InChI is InChI=1S/C28H59O3P/c1-5-9-11-13-15-17-19-21-23-27(7-3)25-30-32(29)31-26-28(8-4)24-22-20-18-16-14-12-10-6-2/h27-28,32H,5-26H2,1-4H3. The fraction of sp³-hybridized carbons (Fsp3) is 1.00. The van der Waals surface area contributed by atoms with E-state index in [2.05, 4.69) is 27.7 Å². The maximum atomic E-state index is 12.2. The van der Waals surface area contributed by atoms with Crippen molar-refractivity contribution in [3.05, 3.63) is 0 Å². The average molecular weight is 475 g/mol. The van der Waals surface area contributed by atoms with Gasteiger partial charge in [-0.25, -0.2) is 0 Å². The van der Waals surface area contributed by atoms with E-state index < -0.39 is 8.25 Å². The van der Waals surface area contributed by atoms with Crippen LogP contribution in [0.3, 0.4) is 0 Å². The molecule has 0 saturated heterocycles. The number of hydrogen-bond acceptors (Lipinski definition) is 3. The van der Waals surface area contributed by atoms with Crippen molar-refractivity contribution >= 4 is 8.25 Å². The number of unbranched alkanes of at least 4 members (excludes halogenated alkanes) is 14. The minimum atomic E-state index is -2.34. The summed E-state index contributed by atoms with van der Waals surface area (Å²) in [5, 5.41) is 0. The van der Waals surface area contributed by atoms with Gasteiger partial charge in [-0.1, -0.05) is 143 Å². The summed E-state index contributed by atoms with van der Waals surface area (Å²) in [5.74, 6) is 1.04. The third kappa shape index (κ3) is 22.0. The van der Waals surface area contributed by atoms with Crippen LogP contribution in [0.25, 0.3) is 0 Å². The molecule has 0 aromatic heterocycles. The third-order valence-corrected chi connectivity index (χ3v) is 7.77.